The first kappa shape index (κ1) is 23.7. The molecule has 1 saturated heterocycles. The number of ether oxygens (including phenoxy) is 1. The van der Waals surface area contributed by atoms with Crippen molar-refractivity contribution in [2.24, 2.45) is 0 Å². The van der Waals surface area contributed by atoms with Crippen molar-refractivity contribution in [1.29, 1.82) is 0 Å². The van der Waals surface area contributed by atoms with Crippen molar-refractivity contribution in [3.05, 3.63) is 59.6 Å². The molecule has 1 fully saturated rings. The number of carboxylic acid groups (broad SMARTS) is 1. The zero-order valence-electron chi connectivity index (χ0n) is 19.0. The first-order valence-corrected chi connectivity index (χ1v) is 12.5. The van der Waals surface area contributed by atoms with Crippen molar-refractivity contribution < 1.29 is 23.1 Å². The van der Waals surface area contributed by atoms with Crippen LogP contribution in [0.5, 0.6) is 5.75 Å². The number of hydrogen-bond donors (Lipinski definition) is 1. The SMILES string of the molecule is [C-]#[N+]c1ccc2c(C3CCN(S(=O)(=O)c4ccc(OC(C)C)cc4)CC3)cn(CC(=O)O)c2n1. The summed E-state index contributed by atoms with van der Waals surface area (Å²) >= 11 is 0. The first-order valence-electron chi connectivity index (χ1n) is 11.0. The Bertz CT molecular complexity index is 1350. The van der Waals surface area contributed by atoms with Gasteiger partial charge in [0.05, 0.1) is 11.0 Å². The number of aliphatic carboxylic acids is 1. The van der Waals surface area contributed by atoms with Gasteiger partial charge in [-0.3, -0.25) is 4.79 Å². The van der Waals surface area contributed by atoms with Gasteiger partial charge < -0.3 is 19.3 Å². The van der Waals surface area contributed by atoms with E-state index in [1.54, 1.807) is 47.2 Å². The van der Waals surface area contributed by atoms with Gasteiger partial charge >= 0.3 is 5.97 Å². The minimum absolute atomic E-state index is 0.00564. The topological polar surface area (TPSA) is 106 Å². The molecule has 0 aliphatic carbocycles. The highest BCUT2D eigenvalue weighted by molar-refractivity contribution is 7.89. The van der Waals surface area contributed by atoms with E-state index < -0.39 is 16.0 Å². The summed E-state index contributed by atoms with van der Waals surface area (Å²) in [5.74, 6) is -0.106. The van der Waals surface area contributed by atoms with Gasteiger partial charge in [-0.05, 0) is 68.5 Å². The van der Waals surface area contributed by atoms with Crippen molar-refractivity contribution >= 4 is 32.8 Å². The molecule has 0 bridgehead atoms. The lowest BCUT2D eigenvalue weighted by Gasteiger charge is -2.31. The van der Waals surface area contributed by atoms with E-state index in [9.17, 15) is 18.3 Å². The number of fused-ring (bicyclic) bond motifs is 1. The Labute approximate surface area is 198 Å². The van der Waals surface area contributed by atoms with Crippen LogP contribution in [0.4, 0.5) is 5.82 Å². The van der Waals surface area contributed by atoms with E-state index in [0.717, 1.165) is 10.9 Å². The van der Waals surface area contributed by atoms with E-state index in [1.165, 1.54) is 4.31 Å². The normalized spacial score (nSPS) is 15.5. The number of carbonyl (C=O) groups is 1. The summed E-state index contributed by atoms with van der Waals surface area (Å²) in [6, 6.07) is 9.89. The molecule has 1 aliphatic heterocycles. The Morgan fingerprint density at radius 2 is 1.88 bits per heavy atom. The first-order chi connectivity index (χ1) is 16.2. The predicted molar refractivity (Wildman–Crippen MR) is 127 cm³/mol. The second kappa shape index (κ2) is 9.44. The molecule has 0 unspecified atom stereocenters. The van der Waals surface area contributed by atoms with Gasteiger partial charge in [-0.1, -0.05) is 12.6 Å². The molecule has 1 N–H and O–H groups in total. The molecule has 0 spiro atoms. The minimum Gasteiger partial charge on any atom is -0.491 e. The number of pyridine rings is 1. The molecule has 4 rings (SSSR count). The van der Waals surface area contributed by atoms with Crippen molar-refractivity contribution in [3.63, 3.8) is 0 Å². The summed E-state index contributed by atoms with van der Waals surface area (Å²) in [4.78, 5) is 19.2. The molecule has 0 amide bonds. The Kier molecular flexibility index (Phi) is 6.59. The number of carboxylic acids is 1. The van der Waals surface area contributed by atoms with Gasteiger partial charge in [0.25, 0.3) is 5.82 Å². The van der Waals surface area contributed by atoms with Crippen LogP contribution in [0.15, 0.2) is 47.5 Å². The standard InChI is InChI=1S/C24H26N4O5S/c1-16(2)33-18-4-6-19(7-5-18)34(31,32)28-12-10-17(11-13-28)21-14-27(15-23(29)30)24-20(21)8-9-22(25-3)26-24/h4-9,14,16-17H,10-13,15H2,1-2H3,(H,29,30). The van der Waals surface area contributed by atoms with Crippen LogP contribution in [0, 0.1) is 6.57 Å². The smallest absolute Gasteiger partial charge is 0.323 e. The lowest BCUT2D eigenvalue weighted by molar-refractivity contribution is -0.137. The van der Waals surface area contributed by atoms with Crippen LogP contribution in [0.1, 0.15) is 38.2 Å². The summed E-state index contributed by atoms with van der Waals surface area (Å²) in [5.41, 5.74) is 1.40. The maximum absolute atomic E-state index is 13.1. The Morgan fingerprint density at radius 3 is 2.47 bits per heavy atom. The molecule has 178 valence electrons. The van der Waals surface area contributed by atoms with Gasteiger partial charge in [0.2, 0.25) is 15.7 Å². The third kappa shape index (κ3) is 4.76. The molecule has 3 heterocycles. The third-order valence-electron chi connectivity index (χ3n) is 5.89. The second-order valence-corrected chi connectivity index (χ2v) is 10.5. The average Bonchev–Trinajstić information content (AvgIpc) is 3.16. The highest BCUT2D eigenvalue weighted by atomic mass is 32.2. The maximum Gasteiger partial charge on any atom is 0.323 e. The van der Waals surface area contributed by atoms with Crippen molar-refractivity contribution in [2.75, 3.05) is 13.1 Å². The fraction of sp³-hybridized carbons (Fsp3) is 0.375. The number of piperidine rings is 1. The van der Waals surface area contributed by atoms with E-state index >= 15 is 0 Å². The molecule has 2 aromatic heterocycles. The van der Waals surface area contributed by atoms with Gasteiger partial charge in [-0.25, -0.2) is 8.42 Å². The van der Waals surface area contributed by atoms with Crippen LogP contribution in [0.3, 0.4) is 0 Å². The molecule has 1 aromatic carbocycles. The van der Waals surface area contributed by atoms with Crippen LogP contribution in [-0.2, 0) is 21.4 Å². The molecule has 0 radical (unpaired) electrons. The van der Waals surface area contributed by atoms with E-state index in [4.69, 9.17) is 11.3 Å². The highest BCUT2D eigenvalue weighted by Crippen LogP contribution is 2.36. The summed E-state index contributed by atoms with van der Waals surface area (Å²) < 4.78 is 34.9. The molecular weight excluding hydrogens is 456 g/mol. The molecule has 3 aromatic rings. The lowest BCUT2D eigenvalue weighted by atomic mass is 9.90. The van der Waals surface area contributed by atoms with E-state index in [-0.39, 0.29) is 29.3 Å². The Morgan fingerprint density at radius 1 is 1.21 bits per heavy atom. The van der Waals surface area contributed by atoms with Crippen molar-refractivity contribution in [1.82, 2.24) is 13.9 Å². The number of benzene rings is 1. The van der Waals surface area contributed by atoms with Crippen LogP contribution in [-0.4, -0.2) is 52.5 Å². The number of rotatable bonds is 7. The summed E-state index contributed by atoms with van der Waals surface area (Å²) in [7, 11) is -3.63. The van der Waals surface area contributed by atoms with Gasteiger partial charge in [0.1, 0.15) is 12.3 Å². The summed E-state index contributed by atoms with van der Waals surface area (Å²) in [5, 5.41) is 10.1. The average molecular weight is 483 g/mol. The monoisotopic (exact) mass is 482 g/mol. The number of nitrogens with zero attached hydrogens (tertiary/aromatic N) is 4. The molecule has 0 atom stereocenters. The van der Waals surface area contributed by atoms with Crippen LogP contribution < -0.4 is 4.74 Å². The number of sulfonamides is 1. The van der Waals surface area contributed by atoms with Crippen LogP contribution in [0.25, 0.3) is 15.9 Å². The maximum atomic E-state index is 13.1. The Balaban J connectivity index is 1.53. The molecule has 0 saturated carbocycles. The molecule has 34 heavy (non-hydrogen) atoms. The molecule has 1 aliphatic rings. The van der Waals surface area contributed by atoms with Gasteiger partial charge in [-0.2, -0.15) is 4.31 Å². The minimum atomic E-state index is -3.63. The summed E-state index contributed by atoms with van der Waals surface area (Å²) in [6.45, 7) is 11.5. The lowest BCUT2D eigenvalue weighted by Crippen LogP contribution is -2.37. The summed E-state index contributed by atoms with van der Waals surface area (Å²) in [6.07, 6.45) is 2.99. The van der Waals surface area contributed by atoms with E-state index in [0.29, 0.717) is 37.3 Å². The van der Waals surface area contributed by atoms with Crippen molar-refractivity contribution in [2.45, 2.75) is 50.2 Å². The van der Waals surface area contributed by atoms with Crippen LogP contribution >= 0.6 is 0 Å². The Hall–Kier alpha value is -3.42. The molecule has 10 heteroatoms. The van der Waals surface area contributed by atoms with Crippen molar-refractivity contribution in [3.8, 4) is 5.75 Å². The molecular formula is C24H26N4O5S. The zero-order chi connectivity index (χ0) is 24.5. The number of aromatic nitrogens is 2. The molecule has 9 nitrogen and oxygen atoms in total. The fourth-order valence-electron chi connectivity index (χ4n) is 4.35. The zero-order valence-corrected chi connectivity index (χ0v) is 19.8. The van der Waals surface area contributed by atoms with E-state index in [2.05, 4.69) is 9.83 Å². The van der Waals surface area contributed by atoms with Gasteiger partial charge in [-0.15, -0.1) is 4.98 Å². The van der Waals surface area contributed by atoms with Gasteiger partial charge in [0.15, 0.2) is 0 Å². The predicted octanol–water partition coefficient (Wildman–Crippen LogP) is 4.03. The number of hydrogen-bond acceptors (Lipinski definition) is 5. The highest BCUT2D eigenvalue weighted by Gasteiger charge is 2.32. The largest absolute Gasteiger partial charge is 0.491 e. The second-order valence-electron chi connectivity index (χ2n) is 8.57. The van der Waals surface area contributed by atoms with Gasteiger partial charge in [0, 0.05) is 24.7 Å². The van der Waals surface area contributed by atoms with E-state index in [1.807, 2.05) is 13.8 Å². The van der Waals surface area contributed by atoms with Crippen LogP contribution in [0.2, 0.25) is 0 Å². The third-order valence-corrected chi connectivity index (χ3v) is 7.80. The quantitative estimate of drug-likeness (QED) is 0.510. The fourth-order valence-corrected chi connectivity index (χ4v) is 5.82.